The fourth-order valence-electron chi connectivity index (χ4n) is 1.95. The summed E-state index contributed by atoms with van der Waals surface area (Å²) in [7, 11) is 0. The first-order valence-corrected chi connectivity index (χ1v) is 7.78. The van der Waals surface area contributed by atoms with Crippen molar-refractivity contribution < 1.29 is 19.1 Å². The molecule has 1 atom stereocenters. The van der Waals surface area contributed by atoms with Crippen molar-refractivity contribution in [1.29, 1.82) is 0 Å². The Kier molecular flexibility index (Phi) is 6.21. The normalized spacial score (nSPS) is 11.5. The van der Waals surface area contributed by atoms with Crippen molar-refractivity contribution in [1.82, 2.24) is 0 Å². The lowest BCUT2D eigenvalue weighted by Gasteiger charge is -2.14. The van der Waals surface area contributed by atoms with Gasteiger partial charge in [-0.2, -0.15) is 0 Å². The van der Waals surface area contributed by atoms with E-state index in [0.717, 1.165) is 5.56 Å². The number of para-hydroxylation sites is 1. The average molecular weight is 348 g/mol. The lowest BCUT2D eigenvalue weighted by molar-refractivity contribution is -0.155. The molecule has 2 aromatic carbocycles. The molecule has 0 spiro atoms. The largest absolute Gasteiger partial charge is 0.480 e. The summed E-state index contributed by atoms with van der Waals surface area (Å²) >= 11 is 5.93. The van der Waals surface area contributed by atoms with Crippen molar-refractivity contribution >= 4 is 29.2 Å². The van der Waals surface area contributed by atoms with Gasteiger partial charge in [-0.05, 0) is 43.7 Å². The molecule has 5 nitrogen and oxygen atoms in total. The fourth-order valence-corrected chi connectivity index (χ4v) is 2.14. The number of esters is 1. The van der Waals surface area contributed by atoms with Gasteiger partial charge in [0.2, 0.25) is 0 Å². The van der Waals surface area contributed by atoms with Crippen LogP contribution in [0.15, 0.2) is 48.5 Å². The van der Waals surface area contributed by atoms with Gasteiger partial charge in [-0.3, -0.25) is 4.79 Å². The maximum atomic E-state index is 12.0. The van der Waals surface area contributed by atoms with Gasteiger partial charge < -0.3 is 14.8 Å². The van der Waals surface area contributed by atoms with Crippen molar-refractivity contribution in [3.8, 4) is 5.75 Å². The van der Waals surface area contributed by atoms with Gasteiger partial charge in [-0.1, -0.05) is 35.9 Å². The number of benzene rings is 2. The summed E-state index contributed by atoms with van der Waals surface area (Å²) in [5.41, 5.74) is 1.67. The van der Waals surface area contributed by atoms with Crippen LogP contribution in [0.3, 0.4) is 0 Å². The van der Waals surface area contributed by atoms with E-state index in [1.54, 1.807) is 30.3 Å². The monoisotopic (exact) mass is 347 g/mol. The maximum absolute atomic E-state index is 12.0. The molecule has 0 heterocycles. The van der Waals surface area contributed by atoms with Crippen LogP contribution >= 0.6 is 11.6 Å². The minimum absolute atomic E-state index is 0.328. The zero-order valence-corrected chi connectivity index (χ0v) is 14.2. The molecular formula is C18H18ClNO4. The summed E-state index contributed by atoms with van der Waals surface area (Å²) in [4.78, 5) is 23.8. The predicted molar refractivity (Wildman–Crippen MR) is 92.3 cm³/mol. The van der Waals surface area contributed by atoms with Crippen LogP contribution in [-0.2, 0) is 14.3 Å². The zero-order chi connectivity index (χ0) is 17.5. The Labute approximate surface area is 145 Å². The van der Waals surface area contributed by atoms with E-state index < -0.39 is 18.0 Å². The standard InChI is InChI=1S/C18H18ClNO4/c1-12-6-5-7-14(10-12)20-18(22)13(2)24-17(21)11-23-16-9-4-3-8-15(16)19/h3-10,13H,11H2,1-2H3,(H,20,22)/t13-/m1/s1. The summed E-state index contributed by atoms with van der Waals surface area (Å²) in [6.45, 7) is 3.09. The lowest BCUT2D eigenvalue weighted by Crippen LogP contribution is -2.31. The van der Waals surface area contributed by atoms with Gasteiger partial charge in [0.05, 0.1) is 5.02 Å². The molecule has 0 unspecified atom stereocenters. The Morgan fingerprint density at radius 2 is 1.92 bits per heavy atom. The molecule has 126 valence electrons. The van der Waals surface area contributed by atoms with Crippen LogP contribution in [0, 0.1) is 6.92 Å². The molecule has 0 fully saturated rings. The summed E-state index contributed by atoms with van der Waals surface area (Å²) < 4.78 is 10.3. The number of nitrogens with one attached hydrogen (secondary N) is 1. The molecular weight excluding hydrogens is 330 g/mol. The third kappa shape index (κ3) is 5.28. The highest BCUT2D eigenvalue weighted by Crippen LogP contribution is 2.22. The summed E-state index contributed by atoms with van der Waals surface area (Å²) in [5, 5.41) is 3.09. The average Bonchev–Trinajstić information content (AvgIpc) is 2.54. The van der Waals surface area contributed by atoms with Crippen LogP contribution < -0.4 is 10.1 Å². The Morgan fingerprint density at radius 1 is 1.17 bits per heavy atom. The molecule has 24 heavy (non-hydrogen) atoms. The Bertz CT molecular complexity index is 732. The molecule has 0 aliphatic heterocycles. The molecule has 0 saturated heterocycles. The molecule has 0 radical (unpaired) electrons. The van der Waals surface area contributed by atoms with E-state index in [1.807, 2.05) is 25.1 Å². The van der Waals surface area contributed by atoms with Crippen molar-refractivity contribution in [2.75, 3.05) is 11.9 Å². The van der Waals surface area contributed by atoms with Crippen LogP contribution in [0.2, 0.25) is 5.02 Å². The molecule has 0 bridgehead atoms. The van der Waals surface area contributed by atoms with Crippen molar-refractivity contribution in [2.45, 2.75) is 20.0 Å². The Morgan fingerprint density at radius 3 is 2.62 bits per heavy atom. The quantitative estimate of drug-likeness (QED) is 0.811. The second kappa shape index (κ2) is 8.36. The minimum atomic E-state index is -0.937. The summed E-state index contributed by atoms with van der Waals surface area (Å²) in [6.07, 6.45) is -0.937. The van der Waals surface area contributed by atoms with Crippen LogP contribution in [0.1, 0.15) is 12.5 Å². The highest BCUT2D eigenvalue weighted by Gasteiger charge is 2.18. The SMILES string of the molecule is Cc1cccc(NC(=O)[C@@H](C)OC(=O)COc2ccccc2Cl)c1. The smallest absolute Gasteiger partial charge is 0.344 e. The fraction of sp³-hybridized carbons (Fsp3) is 0.222. The number of rotatable bonds is 6. The highest BCUT2D eigenvalue weighted by molar-refractivity contribution is 6.32. The van der Waals surface area contributed by atoms with Gasteiger partial charge >= 0.3 is 5.97 Å². The molecule has 2 rings (SSSR count). The molecule has 0 aromatic heterocycles. The molecule has 1 amide bonds. The number of amides is 1. The van der Waals surface area contributed by atoms with Gasteiger partial charge in [-0.25, -0.2) is 4.79 Å². The third-order valence-electron chi connectivity index (χ3n) is 3.15. The predicted octanol–water partition coefficient (Wildman–Crippen LogP) is 3.60. The molecule has 2 aromatic rings. The number of anilines is 1. The third-order valence-corrected chi connectivity index (χ3v) is 3.46. The van der Waals surface area contributed by atoms with Crippen LogP contribution in [0.25, 0.3) is 0 Å². The second-order valence-corrected chi connectivity index (χ2v) is 5.62. The van der Waals surface area contributed by atoms with Crippen LogP contribution in [-0.4, -0.2) is 24.6 Å². The topological polar surface area (TPSA) is 64.6 Å². The first-order chi connectivity index (χ1) is 11.5. The highest BCUT2D eigenvalue weighted by atomic mass is 35.5. The first kappa shape index (κ1) is 17.8. The maximum Gasteiger partial charge on any atom is 0.344 e. The van der Waals surface area contributed by atoms with E-state index in [0.29, 0.717) is 16.5 Å². The van der Waals surface area contributed by atoms with E-state index in [-0.39, 0.29) is 6.61 Å². The van der Waals surface area contributed by atoms with Gasteiger partial charge in [0, 0.05) is 5.69 Å². The minimum Gasteiger partial charge on any atom is -0.480 e. The van der Waals surface area contributed by atoms with E-state index >= 15 is 0 Å². The molecule has 0 aliphatic carbocycles. The van der Waals surface area contributed by atoms with E-state index in [2.05, 4.69) is 5.32 Å². The Hall–Kier alpha value is -2.53. The van der Waals surface area contributed by atoms with Gasteiger partial charge in [0.25, 0.3) is 5.91 Å². The number of hydrogen-bond donors (Lipinski definition) is 1. The van der Waals surface area contributed by atoms with E-state index in [1.165, 1.54) is 6.92 Å². The van der Waals surface area contributed by atoms with Gasteiger partial charge in [-0.15, -0.1) is 0 Å². The lowest BCUT2D eigenvalue weighted by atomic mass is 10.2. The van der Waals surface area contributed by atoms with Gasteiger partial charge in [0.1, 0.15) is 5.75 Å². The molecule has 0 saturated carbocycles. The van der Waals surface area contributed by atoms with Gasteiger partial charge in [0.15, 0.2) is 12.7 Å². The van der Waals surface area contributed by atoms with Crippen LogP contribution in [0.4, 0.5) is 5.69 Å². The number of halogens is 1. The molecule has 0 aliphatic rings. The molecule has 6 heteroatoms. The number of carbonyl (C=O) groups is 2. The molecule has 1 N–H and O–H groups in total. The number of carbonyl (C=O) groups excluding carboxylic acids is 2. The number of hydrogen-bond acceptors (Lipinski definition) is 4. The summed E-state index contributed by atoms with van der Waals surface area (Å²) in [5.74, 6) is -0.679. The van der Waals surface area contributed by atoms with E-state index in [9.17, 15) is 9.59 Å². The first-order valence-electron chi connectivity index (χ1n) is 7.40. The number of aryl methyl sites for hydroxylation is 1. The second-order valence-electron chi connectivity index (χ2n) is 5.21. The zero-order valence-electron chi connectivity index (χ0n) is 13.4. The Balaban J connectivity index is 1.82. The van der Waals surface area contributed by atoms with Crippen LogP contribution in [0.5, 0.6) is 5.75 Å². The van der Waals surface area contributed by atoms with Crippen molar-refractivity contribution in [3.63, 3.8) is 0 Å². The van der Waals surface area contributed by atoms with E-state index in [4.69, 9.17) is 21.1 Å². The number of ether oxygens (including phenoxy) is 2. The summed E-state index contributed by atoms with van der Waals surface area (Å²) in [6, 6.07) is 14.1. The van der Waals surface area contributed by atoms with Crippen molar-refractivity contribution in [2.24, 2.45) is 0 Å². The van der Waals surface area contributed by atoms with Crippen molar-refractivity contribution in [3.05, 3.63) is 59.1 Å².